The van der Waals surface area contributed by atoms with Crippen LogP contribution < -0.4 is 0 Å². The first-order valence-corrected chi connectivity index (χ1v) is 3.92. The number of pyridine rings is 1. The predicted molar refractivity (Wildman–Crippen MR) is 41.2 cm³/mol. The van der Waals surface area contributed by atoms with Gasteiger partial charge >= 0.3 is 0 Å². The molecule has 58 valence electrons. The minimum Gasteiger partial charge on any atom is -0.264 e. The van der Waals surface area contributed by atoms with Gasteiger partial charge in [-0.2, -0.15) is 0 Å². The quantitative estimate of drug-likeness (QED) is 0.552. The molecule has 11 heavy (non-hydrogen) atoms. The Hall–Kier alpha value is -0.920. The Morgan fingerprint density at radius 1 is 1.45 bits per heavy atom. The second-order valence-corrected chi connectivity index (χ2v) is 2.98. The van der Waals surface area contributed by atoms with Crippen molar-refractivity contribution in [1.29, 1.82) is 0 Å². The van der Waals surface area contributed by atoms with Crippen molar-refractivity contribution in [2.75, 3.05) is 0 Å². The fraction of sp³-hybridized carbons (Fsp3) is 0.444. The fourth-order valence-electron chi connectivity index (χ4n) is 1.53. The highest BCUT2D eigenvalue weighted by Gasteiger charge is 2.16. The van der Waals surface area contributed by atoms with Crippen LogP contribution in [0.15, 0.2) is 18.5 Å². The largest absolute Gasteiger partial charge is 0.264 e. The maximum atomic E-state index is 12.8. The molecule has 2 rings (SSSR count). The first-order chi connectivity index (χ1) is 5.36. The first kappa shape index (κ1) is 6.77. The van der Waals surface area contributed by atoms with Gasteiger partial charge in [-0.25, -0.2) is 4.39 Å². The van der Waals surface area contributed by atoms with Gasteiger partial charge in [0.1, 0.15) is 6.17 Å². The SMILES string of the molecule is FC1CCc2cnccc2C1. The molecule has 1 aromatic heterocycles. The number of hydrogen-bond donors (Lipinski definition) is 0. The summed E-state index contributed by atoms with van der Waals surface area (Å²) in [5.41, 5.74) is 2.36. The van der Waals surface area contributed by atoms with Crippen LogP contribution in [-0.4, -0.2) is 11.2 Å². The van der Waals surface area contributed by atoms with Gasteiger partial charge in [0, 0.05) is 18.8 Å². The number of halogens is 1. The average molecular weight is 151 g/mol. The van der Waals surface area contributed by atoms with Crippen LogP contribution in [0.5, 0.6) is 0 Å². The summed E-state index contributed by atoms with van der Waals surface area (Å²) in [6.45, 7) is 0. The van der Waals surface area contributed by atoms with Crippen molar-refractivity contribution in [3.8, 4) is 0 Å². The average Bonchev–Trinajstić information content (AvgIpc) is 2.04. The van der Waals surface area contributed by atoms with Gasteiger partial charge in [-0.05, 0) is 30.0 Å². The molecule has 1 atom stereocenters. The van der Waals surface area contributed by atoms with Crippen molar-refractivity contribution in [2.24, 2.45) is 0 Å². The van der Waals surface area contributed by atoms with Crippen LogP contribution in [0.1, 0.15) is 17.5 Å². The number of alkyl halides is 1. The van der Waals surface area contributed by atoms with Crippen LogP contribution in [0, 0.1) is 0 Å². The van der Waals surface area contributed by atoms with E-state index in [2.05, 4.69) is 4.98 Å². The molecule has 0 radical (unpaired) electrons. The van der Waals surface area contributed by atoms with Gasteiger partial charge in [0.05, 0.1) is 0 Å². The zero-order valence-corrected chi connectivity index (χ0v) is 6.26. The Labute approximate surface area is 65.3 Å². The summed E-state index contributed by atoms with van der Waals surface area (Å²) in [6.07, 6.45) is 5.05. The lowest BCUT2D eigenvalue weighted by molar-refractivity contribution is 0.301. The molecule has 0 spiro atoms. The molecule has 0 saturated carbocycles. The molecule has 1 aromatic rings. The molecular formula is C9H10FN. The van der Waals surface area contributed by atoms with E-state index in [1.165, 1.54) is 5.56 Å². The molecule has 0 aromatic carbocycles. The van der Waals surface area contributed by atoms with Crippen LogP contribution in [0.2, 0.25) is 0 Å². The van der Waals surface area contributed by atoms with E-state index in [-0.39, 0.29) is 0 Å². The zero-order valence-electron chi connectivity index (χ0n) is 6.26. The van der Waals surface area contributed by atoms with Crippen molar-refractivity contribution in [3.63, 3.8) is 0 Å². The highest BCUT2D eigenvalue weighted by atomic mass is 19.1. The normalized spacial score (nSPS) is 22.8. The van der Waals surface area contributed by atoms with Crippen molar-refractivity contribution in [3.05, 3.63) is 29.6 Å². The molecule has 2 heteroatoms. The Morgan fingerprint density at radius 3 is 3.27 bits per heavy atom. The molecule has 1 nitrogen and oxygen atoms in total. The molecule has 1 heterocycles. The summed E-state index contributed by atoms with van der Waals surface area (Å²) < 4.78 is 12.8. The van der Waals surface area contributed by atoms with Crippen LogP contribution in [0.3, 0.4) is 0 Å². The molecule has 1 aliphatic rings. The Morgan fingerprint density at radius 2 is 2.36 bits per heavy atom. The third-order valence-corrected chi connectivity index (χ3v) is 2.17. The maximum Gasteiger partial charge on any atom is 0.104 e. The standard InChI is InChI=1S/C9H10FN/c10-9-2-1-8-6-11-4-3-7(8)5-9/h3-4,6,9H,1-2,5H2. The number of nitrogens with zero attached hydrogens (tertiary/aromatic N) is 1. The summed E-state index contributed by atoms with van der Waals surface area (Å²) in [5, 5.41) is 0. The summed E-state index contributed by atoms with van der Waals surface area (Å²) in [7, 11) is 0. The van der Waals surface area contributed by atoms with Gasteiger partial charge in [-0.3, -0.25) is 4.98 Å². The molecule has 0 N–H and O–H groups in total. The fourth-order valence-corrected chi connectivity index (χ4v) is 1.53. The highest BCUT2D eigenvalue weighted by Crippen LogP contribution is 2.21. The molecular weight excluding hydrogens is 141 g/mol. The molecule has 0 fully saturated rings. The highest BCUT2D eigenvalue weighted by molar-refractivity contribution is 5.26. The first-order valence-electron chi connectivity index (χ1n) is 3.92. The predicted octanol–water partition coefficient (Wildman–Crippen LogP) is 1.91. The van der Waals surface area contributed by atoms with E-state index in [0.717, 1.165) is 12.0 Å². The van der Waals surface area contributed by atoms with E-state index in [4.69, 9.17) is 0 Å². The van der Waals surface area contributed by atoms with Gasteiger partial charge in [-0.15, -0.1) is 0 Å². The summed E-state index contributed by atoms with van der Waals surface area (Å²) in [4.78, 5) is 4.00. The zero-order chi connectivity index (χ0) is 7.68. The van der Waals surface area contributed by atoms with E-state index in [1.807, 2.05) is 12.3 Å². The molecule has 0 bridgehead atoms. The van der Waals surface area contributed by atoms with Crippen molar-refractivity contribution < 1.29 is 4.39 Å². The van der Waals surface area contributed by atoms with Gasteiger partial charge in [0.15, 0.2) is 0 Å². The topological polar surface area (TPSA) is 12.9 Å². The lowest BCUT2D eigenvalue weighted by atomic mass is 9.92. The minimum atomic E-state index is -0.634. The molecule has 1 unspecified atom stereocenters. The number of fused-ring (bicyclic) bond motifs is 1. The van der Waals surface area contributed by atoms with Crippen LogP contribution >= 0.6 is 0 Å². The van der Waals surface area contributed by atoms with Crippen molar-refractivity contribution in [2.45, 2.75) is 25.4 Å². The molecule has 0 amide bonds. The minimum absolute atomic E-state index is 0.581. The lowest BCUT2D eigenvalue weighted by Gasteiger charge is -2.17. The summed E-state index contributed by atoms with van der Waals surface area (Å²) in [6, 6.07) is 1.92. The summed E-state index contributed by atoms with van der Waals surface area (Å²) in [5.74, 6) is 0. The summed E-state index contributed by atoms with van der Waals surface area (Å²) >= 11 is 0. The number of aryl methyl sites for hydroxylation is 1. The van der Waals surface area contributed by atoms with Gasteiger partial charge in [-0.1, -0.05) is 0 Å². The number of rotatable bonds is 0. The monoisotopic (exact) mass is 151 g/mol. The van der Waals surface area contributed by atoms with Crippen LogP contribution in [-0.2, 0) is 12.8 Å². The van der Waals surface area contributed by atoms with Crippen LogP contribution in [0.25, 0.3) is 0 Å². The smallest absolute Gasteiger partial charge is 0.104 e. The second kappa shape index (κ2) is 2.61. The van der Waals surface area contributed by atoms with Gasteiger partial charge < -0.3 is 0 Å². The Kier molecular flexibility index (Phi) is 1.60. The van der Waals surface area contributed by atoms with E-state index in [0.29, 0.717) is 12.8 Å². The second-order valence-electron chi connectivity index (χ2n) is 2.98. The van der Waals surface area contributed by atoms with E-state index >= 15 is 0 Å². The van der Waals surface area contributed by atoms with E-state index in [9.17, 15) is 4.39 Å². The molecule has 0 aliphatic heterocycles. The number of aromatic nitrogens is 1. The third-order valence-electron chi connectivity index (χ3n) is 2.17. The lowest BCUT2D eigenvalue weighted by Crippen LogP contribution is -2.14. The number of hydrogen-bond acceptors (Lipinski definition) is 1. The van der Waals surface area contributed by atoms with Crippen molar-refractivity contribution >= 4 is 0 Å². The van der Waals surface area contributed by atoms with Crippen molar-refractivity contribution in [1.82, 2.24) is 4.98 Å². The Balaban J connectivity index is 2.34. The van der Waals surface area contributed by atoms with E-state index < -0.39 is 6.17 Å². The third kappa shape index (κ3) is 1.25. The Bertz CT molecular complexity index is 259. The molecule has 1 aliphatic carbocycles. The maximum absolute atomic E-state index is 12.8. The van der Waals surface area contributed by atoms with Gasteiger partial charge in [0.2, 0.25) is 0 Å². The molecule has 0 saturated heterocycles. The van der Waals surface area contributed by atoms with Gasteiger partial charge in [0.25, 0.3) is 0 Å². The van der Waals surface area contributed by atoms with Crippen LogP contribution in [0.4, 0.5) is 4.39 Å². The van der Waals surface area contributed by atoms with E-state index in [1.54, 1.807) is 6.20 Å².